The summed E-state index contributed by atoms with van der Waals surface area (Å²) in [7, 11) is 0. The number of halogens is 2. The van der Waals surface area contributed by atoms with E-state index in [-0.39, 0.29) is 11.3 Å². The van der Waals surface area contributed by atoms with Crippen molar-refractivity contribution in [2.45, 2.75) is 0 Å². The van der Waals surface area contributed by atoms with Crippen LogP contribution in [0.2, 0.25) is 10.0 Å². The van der Waals surface area contributed by atoms with Crippen molar-refractivity contribution in [3.8, 4) is 5.75 Å². The second-order valence-corrected chi connectivity index (χ2v) is 6.23. The fourth-order valence-corrected chi connectivity index (χ4v) is 2.63. The van der Waals surface area contributed by atoms with Crippen molar-refractivity contribution in [1.82, 2.24) is 0 Å². The fraction of sp³-hybridized carbons (Fsp3) is 0. The van der Waals surface area contributed by atoms with E-state index in [9.17, 15) is 9.59 Å². The Morgan fingerprint density at radius 3 is 2.27 bits per heavy atom. The van der Waals surface area contributed by atoms with Gasteiger partial charge in [0.2, 0.25) is 0 Å². The third-order valence-corrected chi connectivity index (χ3v) is 3.95. The molecule has 0 saturated carbocycles. The van der Waals surface area contributed by atoms with Crippen LogP contribution < -0.4 is 10.1 Å². The zero-order chi connectivity index (χ0) is 18.5. The van der Waals surface area contributed by atoms with Crippen molar-refractivity contribution in [2.24, 2.45) is 0 Å². The van der Waals surface area contributed by atoms with Crippen LogP contribution in [0, 0.1) is 0 Å². The lowest BCUT2D eigenvalue weighted by molar-refractivity contribution is 0.0733. The minimum Gasteiger partial charge on any atom is -0.422 e. The van der Waals surface area contributed by atoms with Gasteiger partial charge in [-0.1, -0.05) is 47.5 Å². The number of nitrogens with one attached hydrogen (secondary N) is 1. The minimum atomic E-state index is -0.565. The summed E-state index contributed by atoms with van der Waals surface area (Å²) in [5.74, 6) is -0.918. The molecule has 0 spiro atoms. The van der Waals surface area contributed by atoms with Crippen molar-refractivity contribution < 1.29 is 14.3 Å². The lowest BCUT2D eigenvalue weighted by atomic mass is 10.1. The summed E-state index contributed by atoms with van der Waals surface area (Å²) in [6.07, 6.45) is 0. The van der Waals surface area contributed by atoms with E-state index in [1.54, 1.807) is 60.7 Å². The summed E-state index contributed by atoms with van der Waals surface area (Å²) in [5, 5.41) is 3.54. The van der Waals surface area contributed by atoms with Crippen molar-refractivity contribution in [2.75, 3.05) is 5.32 Å². The number of esters is 1. The highest BCUT2D eigenvalue weighted by Crippen LogP contribution is 2.25. The molecule has 0 saturated heterocycles. The van der Waals surface area contributed by atoms with Crippen LogP contribution in [0.4, 0.5) is 5.69 Å². The molecule has 0 unspecified atom stereocenters. The van der Waals surface area contributed by atoms with Crippen molar-refractivity contribution in [3.05, 3.63) is 94.0 Å². The van der Waals surface area contributed by atoms with Gasteiger partial charge in [0.05, 0.1) is 11.1 Å². The SMILES string of the molecule is O=C(Oc1ccc(Cl)cc1C(=O)Nc1cccc(Cl)c1)c1ccccc1. The Morgan fingerprint density at radius 2 is 1.54 bits per heavy atom. The second-order valence-electron chi connectivity index (χ2n) is 5.36. The highest BCUT2D eigenvalue weighted by atomic mass is 35.5. The minimum absolute atomic E-state index is 0.114. The summed E-state index contributed by atoms with van der Waals surface area (Å²) < 4.78 is 5.38. The Morgan fingerprint density at radius 1 is 0.808 bits per heavy atom. The van der Waals surface area contributed by atoms with Crippen molar-refractivity contribution >= 4 is 40.8 Å². The van der Waals surface area contributed by atoms with Gasteiger partial charge in [0.1, 0.15) is 5.75 Å². The van der Waals surface area contributed by atoms with Gasteiger partial charge in [-0.2, -0.15) is 0 Å². The molecule has 0 radical (unpaired) electrons. The Labute approximate surface area is 160 Å². The van der Waals surface area contributed by atoms with Gasteiger partial charge in [-0.15, -0.1) is 0 Å². The van der Waals surface area contributed by atoms with E-state index in [2.05, 4.69) is 5.32 Å². The Balaban J connectivity index is 1.86. The topological polar surface area (TPSA) is 55.4 Å². The van der Waals surface area contributed by atoms with Crippen molar-refractivity contribution in [3.63, 3.8) is 0 Å². The summed E-state index contributed by atoms with van der Waals surface area (Å²) in [5.41, 5.74) is 1.04. The molecular formula is C20H13Cl2NO3. The van der Waals surface area contributed by atoms with Crippen LogP contribution in [0.15, 0.2) is 72.8 Å². The maximum absolute atomic E-state index is 12.6. The Bertz CT molecular complexity index is 958. The quantitative estimate of drug-likeness (QED) is 0.478. The third kappa shape index (κ3) is 4.42. The van der Waals surface area contributed by atoms with E-state index < -0.39 is 11.9 Å². The Kier molecular flexibility index (Phi) is 5.56. The highest BCUT2D eigenvalue weighted by molar-refractivity contribution is 6.31. The van der Waals surface area contributed by atoms with E-state index in [1.807, 2.05) is 0 Å². The van der Waals surface area contributed by atoms with E-state index in [1.165, 1.54) is 12.1 Å². The summed E-state index contributed by atoms with van der Waals surface area (Å²) in [6.45, 7) is 0. The first-order valence-corrected chi connectivity index (χ1v) is 8.42. The van der Waals surface area contributed by atoms with E-state index >= 15 is 0 Å². The number of benzene rings is 3. The third-order valence-electron chi connectivity index (χ3n) is 3.48. The van der Waals surface area contributed by atoms with E-state index in [0.717, 1.165) is 0 Å². The van der Waals surface area contributed by atoms with Gasteiger partial charge < -0.3 is 10.1 Å². The lowest BCUT2D eigenvalue weighted by Gasteiger charge is -2.11. The molecule has 0 bridgehead atoms. The van der Waals surface area contributed by atoms with Crippen LogP contribution in [-0.4, -0.2) is 11.9 Å². The van der Waals surface area contributed by atoms with E-state index in [4.69, 9.17) is 27.9 Å². The average Bonchev–Trinajstić information content (AvgIpc) is 2.64. The molecule has 0 aliphatic heterocycles. The number of carbonyl (C=O) groups excluding carboxylic acids is 2. The zero-order valence-corrected chi connectivity index (χ0v) is 14.9. The maximum atomic E-state index is 12.6. The molecule has 6 heteroatoms. The first kappa shape index (κ1) is 18.0. The van der Waals surface area contributed by atoms with Crippen LogP contribution in [0.1, 0.15) is 20.7 Å². The molecule has 3 aromatic rings. The molecule has 4 nitrogen and oxygen atoms in total. The number of ether oxygens (including phenoxy) is 1. The number of carbonyl (C=O) groups is 2. The second kappa shape index (κ2) is 8.04. The van der Waals surface area contributed by atoms with Crippen molar-refractivity contribution in [1.29, 1.82) is 0 Å². The predicted octanol–water partition coefficient (Wildman–Crippen LogP) is 5.46. The molecule has 0 aliphatic carbocycles. The van der Waals surface area contributed by atoms with Gasteiger partial charge in [-0.25, -0.2) is 4.79 Å². The number of amides is 1. The Hall–Kier alpha value is -2.82. The largest absolute Gasteiger partial charge is 0.422 e. The molecule has 3 aromatic carbocycles. The molecule has 1 N–H and O–H groups in total. The maximum Gasteiger partial charge on any atom is 0.343 e. The molecule has 130 valence electrons. The predicted molar refractivity (Wildman–Crippen MR) is 102 cm³/mol. The molecule has 0 aromatic heterocycles. The molecule has 0 fully saturated rings. The first-order chi connectivity index (χ1) is 12.5. The lowest BCUT2D eigenvalue weighted by Crippen LogP contribution is -2.16. The molecule has 1 amide bonds. The van der Waals surface area contributed by atoms with Crippen LogP contribution in [0.5, 0.6) is 5.75 Å². The summed E-state index contributed by atoms with van der Waals surface area (Å²) in [4.78, 5) is 24.9. The highest BCUT2D eigenvalue weighted by Gasteiger charge is 2.17. The van der Waals surface area contributed by atoms with Gasteiger partial charge >= 0.3 is 5.97 Å². The van der Waals surface area contributed by atoms with Gasteiger partial charge in [0.25, 0.3) is 5.91 Å². The molecule has 26 heavy (non-hydrogen) atoms. The van der Waals surface area contributed by atoms with Crippen LogP contribution >= 0.6 is 23.2 Å². The van der Waals surface area contributed by atoms with Gasteiger partial charge in [-0.05, 0) is 48.5 Å². The number of anilines is 1. The molecule has 3 rings (SSSR count). The van der Waals surface area contributed by atoms with Gasteiger partial charge in [0, 0.05) is 15.7 Å². The zero-order valence-electron chi connectivity index (χ0n) is 13.4. The fourth-order valence-electron chi connectivity index (χ4n) is 2.27. The smallest absolute Gasteiger partial charge is 0.343 e. The summed E-state index contributed by atoms with van der Waals surface area (Å²) in [6, 6.07) is 19.7. The average molecular weight is 386 g/mol. The van der Waals surface area contributed by atoms with Crippen LogP contribution in [0.25, 0.3) is 0 Å². The molecule has 0 heterocycles. The standard InChI is InChI=1S/C20H13Cl2NO3/c21-14-7-4-8-16(11-14)23-19(24)17-12-15(22)9-10-18(17)26-20(25)13-5-2-1-3-6-13/h1-12H,(H,23,24). The van der Waals surface area contributed by atoms with Crippen LogP contribution in [-0.2, 0) is 0 Å². The monoisotopic (exact) mass is 385 g/mol. The van der Waals surface area contributed by atoms with Crippen LogP contribution in [0.3, 0.4) is 0 Å². The molecule has 0 aliphatic rings. The number of rotatable bonds is 4. The van der Waals surface area contributed by atoms with E-state index in [0.29, 0.717) is 21.3 Å². The number of hydrogen-bond acceptors (Lipinski definition) is 3. The molecule has 0 atom stereocenters. The number of hydrogen-bond donors (Lipinski definition) is 1. The first-order valence-electron chi connectivity index (χ1n) is 7.66. The molecular weight excluding hydrogens is 373 g/mol. The summed E-state index contributed by atoms with van der Waals surface area (Å²) >= 11 is 11.9. The normalized spacial score (nSPS) is 10.2. The van der Waals surface area contributed by atoms with Gasteiger partial charge in [0.15, 0.2) is 0 Å². The van der Waals surface area contributed by atoms with Gasteiger partial charge in [-0.3, -0.25) is 4.79 Å².